The van der Waals surface area contributed by atoms with E-state index < -0.39 is 0 Å². The smallest absolute Gasteiger partial charge is 0.233 e. The van der Waals surface area contributed by atoms with Gasteiger partial charge in [-0.1, -0.05) is 12.1 Å². The maximum Gasteiger partial charge on any atom is 0.233 e. The molecule has 4 rings (SSSR count). The van der Waals surface area contributed by atoms with Crippen molar-refractivity contribution in [3.63, 3.8) is 0 Å². The number of benzene rings is 1. The second kappa shape index (κ2) is 4.46. The second-order valence-electron chi connectivity index (χ2n) is 5.75. The first-order chi connectivity index (χ1) is 9.31. The Kier molecular flexibility index (Phi) is 2.74. The van der Waals surface area contributed by atoms with Crippen molar-refractivity contribution in [2.24, 2.45) is 0 Å². The number of rotatable bonds is 2. The molecule has 0 amide bonds. The summed E-state index contributed by atoms with van der Waals surface area (Å²) in [5, 5.41) is 1.17. The van der Waals surface area contributed by atoms with Crippen LogP contribution in [0.5, 0.6) is 5.88 Å². The first-order valence-corrected chi connectivity index (χ1v) is 7.81. The third kappa shape index (κ3) is 1.94. The van der Waals surface area contributed by atoms with Crippen LogP contribution in [0.4, 0.5) is 0 Å². The van der Waals surface area contributed by atoms with Crippen molar-refractivity contribution >= 4 is 21.6 Å². The molecule has 100 valence electrons. The van der Waals surface area contributed by atoms with Crippen LogP contribution in [-0.4, -0.2) is 34.5 Å². The number of hydrogen-bond donors (Lipinski definition) is 0. The average molecular weight is 274 g/mol. The van der Waals surface area contributed by atoms with Gasteiger partial charge >= 0.3 is 0 Å². The predicted octanol–water partition coefficient (Wildman–Crippen LogP) is 3.30. The molecule has 1 aromatic heterocycles. The van der Waals surface area contributed by atoms with Crippen LogP contribution in [-0.2, 0) is 0 Å². The van der Waals surface area contributed by atoms with Crippen LogP contribution in [0.25, 0.3) is 10.1 Å². The van der Waals surface area contributed by atoms with Gasteiger partial charge in [0.1, 0.15) is 6.10 Å². The molecule has 0 N–H and O–H groups in total. The zero-order chi connectivity index (χ0) is 12.8. The molecule has 3 atom stereocenters. The van der Waals surface area contributed by atoms with Crippen LogP contribution in [0.1, 0.15) is 25.7 Å². The van der Waals surface area contributed by atoms with Gasteiger partial charge in [-0.25, -0.2) is 0 Å². The van der Waals surface area contributed by atoms with E-state index in [1.165, 1.54) is 34.5 Å². The lowest BCUT2D eigenvalue weighted by Gasteiger charge is -2.35. The zero-order valence-corrected chi connectivity index (χ0v) is 11.9. The SMILES string of the molecule is CN1[C@@H]2CC[C@H]1C[C@H](Oc1nsc3ccccc13)C2. The number of nitrogens with zero attached hydrogens (tertiary/aromatic N) is 2. The van der Waals surface area contributed by atoms with Crippen molar-refractivity contribution in [2.45, 2.75) is 43.9 Å². The summed E-state index contributed by atoms with van der Waals surface area (Å²) in [6.07, 6.45) is 5.31. The normalized spacial score (nSPS) is 30.9. The molecule has 3 nitrogen and oxygen atoms in total. The average Bonchev–Trinajstić information content (AvgIpc) is 2.89. The Morgan fingerprint density at radius 3 is 2.74 bits per heavy atom. The number of ether oxygens (including phenoxy) is 1. The largest absolute Gasteiger partial charge is 0.473 e. The molecular formula is C15H18N2OS. The lowest BCUT2D eigenvalue weighted by atomic mass is 10.0. The first-order valence-electron chi connectivity index (χ1n) is 7.04. The monoisotopic (exact) mass is 274 g/mol. The molecule has 19 heavy (non-hydrogen) atoms. The molecule has 0 radical (unpaired) electrons. The molecule has 3 heterocycles. The minimum absolute atomic E-state index is 0.346. The van der Waals surface area contributed by atoms with Crippen molar-refractivity contribution in [3.8, 4) is 5.88 Å². The molecule has 2 bridgehead atoms. The highest BCUT2D eigenvalue weighted by Gasteiger charge is 2.39. The summed E-state index contributed by atoms with van der Waals surface area (Å²) in [6.45, 7) is 0. The molecule has 0 saturated carbocycles. The fraction of sp³-hybridized carbons (Fsp3) is 0.533. The molecule has 0 spiro atoms. The zero-order valence-electron chi connectivity index (χ0n) is 11.1. The molecule has 4 heteroatoms. The van der Waals surface area contributed by atoms with E-state index in [0.29, 0.717) is 18.2 Å². The van der Waals surface area contributed by atoms with Crippen LogP contribution < -0.4 is 4.74 Å². The van der Waals surface area contributed by atoms with Crippen molar-refractivity contribution in [1.82, 2.24) is 9.27 Å². The van der Waals surface area contributed by atoms with E-state index in [2.05, 4.69) is 40.6 Å². The van der Waals surface area contributed by atoms with Crippen LogP contribution in [0.3, 0.4) is 0 Å². The Hall–Kier alpha value is -1.13. The van der Waals surface area contributed by atoms with Crippen LogP contribution >= 0.6 is 11.5 Å². The van der Waals surface area contributed by atoms with Gasteiger partial charge in [0.05, 0.1) is 10.1 Å². The Balaban J connectivity index is 1.56. The molecule has 2 aromatic rings. The number of hydrogen-bond acceptors (Lipinski definition) is 4. The molecule has 0 aliphatic carbocycles. The Morgan fingerprint density at radius 1 is 1.21 bits per heavy atom. The molecular weight excluding hydrogens is 256 g/mol. The maximum absolute atomic E-state index is 6.21. The molecule has 2 aliphatic heterocycles. The van der Waals surface area contributed by atoms with Gasteiger partial charge < -0.3 is 9.64 Å². The summed E-state index contributed by atoms with van der Waals surface area (Å²) < 4.78 is 11.9. The highest BCUT2D eigenvalue weighted by molar-refractivity contribution is 7.13. The summed E-state index contributed by atoms with van der Waals surface area (Å²) in [7, 11) is 2.26. The van der Waals surface area contributed by atoms with E-state index in [0.717, 1.165) is 18.7 Å². The van der Waals surface area contributed by atoms with Crippen molar-refractivity contribution in [3.05, 3.63) is 24.3 Å². The van der Waals surface area contributed by atoms with Crippen molar-refractivity contribution < 1.29 is 4.74 Å². The number of aromatic nitrogens is 1. The third-order valence-electron chi connectivity index (χ3n) is 4.68. The second-order valence-corrected chi connectivity index (χ2v) is 6.55. The van der Waals surface area contributed by atoms with E-state index in [9.17, 15) is 0 Å². The van der Waals surface area contributed by atoms with E-state index in [1.54, 1.807) is 0 Å². The Bertz CT molecular complexity index is 583. The highest BCUT2D eigenvalue weighted by Crippen LogP contribution is 2.37. The van der Waals surface area contributed by atoms with Crippen LogP contribution in [0.2, 0.25) is 0 Å². The molecule has 2 saturated heterocycles. The van der Waals surface area contributed by atoms with Crippen molar-refractivity contribution in [1.29, 1.82) is 0 Å². The van der Waals surface area contributed by atoms with E-state index in [4.69, 9.17) is 4.74 Å². The highest BCUT2D eigenvalue weighted by atomic mass is 32.1. The summed E-state index contributed by atoms with van der Waals surface area (Å²) in [5.41, 5.74) is 0. The van der Waals surface area contributed by atoms with Gasteiger partial charge in [0.15, 0.2) is 0 Å². The van der Waals surface area contributed by atoms with Gasteiger partial charge in [-0.2, -0.15) is 4.37 Å². The van der Waals surface area contributed by atoms with Gasteiger partial charge in [0.2, 0.25) is 5.88 Å². The summed E-state index contributed by atoms with van der Waals surface area (Å²) in [5.74, 6) is 0.842. The molecule has 1 aromatic carbocycles. The number of fused-ring (bicyclic) bond motifs is 3. The quantitative estimate of drug-likeness (QED) is 0.840. The maximum atomic E-state index is 6.21. The Labute approximate surface area is 117 Å². The standard InChI is InChI=1S/C15H18N2OS/c1-17-10-6-7-11(17)9-12(8-10)18-15-13-4-2-3-5-14(13)19-16-15/h2-5,10-12H,6-9H2,1H3/t10-,11+,12-. The number of piperidine rings is 1. The summed E-state index contributed by atoms with van der Waals surface area (Å²) in [6, 6.07) is 9.76. The summed E-state index contributed by atoms with van der Waals surface area (Å²) >= 11 is 1.53. The van der Waals surface area contributed by atoms with Crippen LogP contribution in [0.15, 0.2) is 24.3 Å². The minimum Gasteiger partial charge on any atom is -0.473 e. The van der Waals surface area contributed by atoms with Gasteiger partial charge in [-0.15, -0.1) is 0 Å². The van der Waals surface area contributed by atoms with Gasteiger partial charge in [-0.05, 0) is 56.4 Å². The van der Waals surface area contributed by atoms with Crippen molar-refractivity contribution in [2.75, 3.05) is 7.05 Å². The molecule has 2 aliphatic rings. The van der Waals surface area contributed by atoms with E-state index in [-0.39, 0.29) is 0 Å². The van der Waals surface area contributed by atoms with Crippen LogP contribution in [0, 0.1) is 0 Å². The Morgan fingerprint density at radius 2 is 1.95 bits per heavy atom. The van der Waals surface area contributed by atoms with E-state index in [1.807, 2.05) is 0 Å². The van der Waals surface area contributed by atoms with Gasteiger partial charge in [0, 0.05) is 12.1 Å². The predicted molar refractivity (Wildman–Crippen MR) is 77.8 cm³/mol. The minimum atomic E-state index is 0.346. The topological polar surface area (TPSA) is 25.4 Å². The fourth-order valence-corrected chi connectivity index (χ4v) is 4.28. The van der Waals surface area contributed by atoms with E-state index >= 15 is 0 Å². The molecule has 0 unspecified atom stereocenters. The molecule has 2 fully saturated rings. The van der Waals surface area contributed by atoms with Gasteiger partial charge in [0.25, 0.3) is 0 Å². The van der Waals surface area contributed by atoms with Gasteiger partial charge in [-0.3, -0.25) is 0 Å². The lowest BCUT2D eigenvalue weighted by Crippen LogP contribution is -2.43. The lowest BCUT2D eigenvalue weighted by molar-refractivity contribution is 0.0649. The first kappa shape index (κ1) is 11.7. The summed E-state index contributed by atoms with van der Waals surface area (Å²) in [4.78, 5) is 2.54. The third-order valence-corrected chi connectivity index (χ3v) is 5.49. The fourth-order valence-electron chi connectivity index (χ4n) is 3.56.